The molecule has 1 fully saturated rings. The fourth-order valence-corrected chi connectivity index (χ4v) is 3.83. The fraction of sp³-hybridized carbons (Fsp3) is 0.222. The van der Waals surface area contributed by atoms with E-state index in [0.29, 0.717) is 6.61 Å². The number of carbonyl (C=O) groups excluding carboxylic acids is 1. The third-order valence-electron chi connectivity index (χ3n) is 3.96. The van der Waals surface area contributed by atoms with E-state index in [0.717, 1.165) is 28.3 Å². The van der Waals surface area contributed by atoms with Crippen molar-refractivity contribution in [3.63, 3.8) is 0 Å². The molecule has 4 rings (SSSR count). The molecule has 0 bridgehead atoms. The van der Waals surface area contributed by atoms with Crippen molar-refractivity contribution in [2.75, 3.05) is 6.61 Å². The van der Waals surface area contributed by atoms with Crippen molar-refractivity contribution in [1.29, 1.82) is 0 Å². The van der Waals surface area contributed by atoms with Crippen LogP contribution in [0.25, 0.3) is 16.7 Å². The van der Waals surface area contributed by atoms with Gasteiger partial charge in [0, 0.05) is 12.1 Å². The van der Waals surface area contributed by atoms with Gasteiger partial charge in [-0.05, 0) is 31.2 Å². The van der Waals surface area contributed by atoms with Crippen LogP contribution in [-0.4, -0.2) is 27.4 Å². The van der Waals surface area contributed by atoms with Crippen LogP contribution in [0.4, 0.5) is 0 Å². The smallest absolute Gasteiger partial charge is 0.319 e. The number of thioether (sulfide) groups is 1. The lowest BCUT2D eigenvalue weighted by molar-refractivity contribution is -0.137. The number of aromatic nitrogens is 2. The zero-order valence-corrected chi connectivity index (χ0v) is 13.5. The quantitative estimate of drug-likeness (QED) is 0.688. The van der Waals surface area contributed by atoms with Gasteiger partial charge in [-0.3, -0.25) is 9.36 Å². The number of para-hydroxylation sites is 2. The number of hydrogen-bond donors (Lipinski definition) is 0. The number of imidazole rings is 1. The molecule has 0 amide bonds. The van der Waals surface area contributed by atoms with Gasteiger partial charge in [0.1, 0.15) is 5.25 Å². The topological polar surface area (TPSA) is 44.1 Å². The number of benzene rings is 2. The lowest BCUT2D eigenvalue weighted by atomic mass is 10.2. The predicted molar refractivity (Wildman–Crippen MR) is 91.0 cm³/mol. The second-order valence-corrected chi connectivity index (χ2v) is 6.79. The molecule has 1 aliphatic rings. The van der Waals surface area contributed by atoms with E-state index in [9.17, 15) is 4.79 Å². The van der Waals surface area contributed by atoms with Gasteiger partial charge in [0.2, 0.25) is 0 Å². The minimum absolute atomic E-state index is 0.141. The zero-order chi connectivity index (χ0) is 15.8. The number of carbonyl (C=O) groups is 1. The Morgan fingerprint density at radius 2 is 1.96 bits per heavy atom. The maximum atomic E-state index is 11.8. The summed E-state index contributed by atoms with van der Waals surface area (Å²) in [5.41, 5.74) is 4.25. The molecule has 1 saturated heterocycles. The molecule has 0 saturated carbocycles. The van der Waals surface area contributed by atoms with Gasteiger partial charge in [-0.1, -0.05) is 41.6 Å². The molecule has 1 aliphatic heterocycles. The molecule has 23 heavy (non-hydrogen) atoms. The first kappa shape index (κ1) is 14.3. The van der Waals surface area contributed by atoms with E-state index < -0.39 is 0 Å². The van der Waals surface area contributed by atoms with E-state index >= 15 is 0 Å². The Balaban J connectivity index is 1.84. The summed E-state index contributed by atoms with van der Waals surface area (Å²) in [6, 6.07) is 16.4. The highest BCUT2D eigenvalue weighted by atomic mass is 32.2. The third kappa shape index (κ3) is 2.61. The van der Waals surface area contributed by atoms with E-state index in [1.807, 2.05) is 18.2 Å². The summed E-state index contributed by atoms with van der Waals surface area (Å²) < 4.78 is 7.19. The molecule has 4 nitrogen and oxygen atoms in total. The van der Waals surface area contributed by atoms with Crippen LogP contribution in [0.5, 0.6) is 0 Å². The predicted octanol–water partition coefficient (Wildman–Crippen LogP) is 3.74. The fourth-order valence-electron chi connectivity index (χ4n) is 2.74. The standard InChI is InChI=1S/C18H16N2O2S/c1-12-6-8-13(9-7-12)20-15-5-3-2-4-14(15)19-18(20)23-16-10-11-22-17(16)21/h2-9,16H,10-11H2,1H3. The molecule has 2 aromatic carbocycles. The lowest BCUT2D eigenvalue weighted by Crippen LogP contribution is -2.11. The maximum Gasteiger partial charge on any atom is 0.319 e. The molecule has 3 aromatic rings. The van der Waals surface area contributed by atoms with Gasteiger partial charge in [-0.25, -0.2) is 4.98 Å². The van der Waals surface area contributed by atoms with Gasteiger partial charge >= 0.3 is 5.97 Å². The van der Waals surface area contributed by atoms with Crippen LogP contribution in [0.1, 0.15) is 12.0 Å². The molecule has 1 unspecified atom stereocenters. The summed E-state index contributed by atoms with van der Waals surface area (Å²) in [5.74, 6) is -0.141. The first-order valence-electron chi connectivity index (χ1n) is 7.60. The lowest BCUT2D eigenvalue weighted by Gasteiger charge is -2.10. The number of cyclic esters (lactones) is 1. The second kappa shape index (κ2) is 5.74. The minimum Gasteiger partial charge on any atom is -0.465 e. The van der Waals surface area contributed by atoms with E-state index in [-0.39, 0.29) is 11.2 Å². The van der Waals surface area contributed by atoms with Crippen LogP contribution in [0.3, 0.4) is 0 Å². The normalized spacial score (nSPS) is 17.6. The molecule has 0 spiro atoms. The number of aryl methyl sites for hydroxylation is 1. The summed E-state index contributed by atoms with van der Waals surface area (Å²) in [7, 11) is 0. The van der Waals surface area contributed by atoms with E-state index in [4.69, 9.17) is 9.72 Å². The average Bonchev–Trinajstić information content (AvgIpc) is 3.12. The Morgan fingerprint density at radius 1 is 1.17 bits per heavy atom. The Kier molecular flexibility index (Phi) is 3.58. The van der Waals surface area contributed by atoms with Crippen LogP contribution in [0, 0.1) is 6.92 Å². The Morgan fingerprint density at radius 3 is 2.70 bits per heavy atom. The van der Waals surface area contributed by atoms with Crippen LogP contribution in [0.15, 0.2) is 53.7 Å². The van der Waals surface area contributed by atoms with Crippen molar-refractivity contribution >= 4 is 28.8 Å². The van der Waals surface area contributed by atoms with E-state index in [1.54, 1.807) is 0 Å². The van der Waals surface area contributed by atoms with Crippen molar-refractivity contribution in [1.82, 2.24) is 9.55 Å². The Bertz CT molecular complexity index is 870. The van der Waals surface area contributed by atoms with Crippen molar-refractivity contribution in [2.24, 2.45) is 0 Å². The molecule has 0 aliphatic carbocycles. The summed E-state index contributed by atoms with van der Waals surface area (Å²) in [6.45, 7) is 2.57. The molecule has 0 radical (unpaired) electrons. The van der Waals surface area contributed by atoms with Crippen LogP contribution < -0.4 is 0 Å². The third-order valence-corrected chi connectivity index (χ3v) is 5.15. The summed E-state index contributed by atoms with van der Waals surface area (Å²) in [5, 5.41) is 0.662. The number of hydrogen-bond acceptors (Lipinski definition) is 4. The molecular formula is C18H16N2O2S. The molecule has 0 N–H and O–H groups in total. The summed E-state index contributed by atoms with van der Waals surface area (Å²) in [6.07, 6.45) is 0.737. The Hall–Kier alpha value is -2.27. The molecule has 5 heteroatoms. The van der Waals surface area contributed by atoms with Gasteiger partial charge in [-0.2, -0.15) is 0 Å². The number of esters is 1. The van der Waals surface area contributed by atoms with Crippen molar-refractivity contribution in [3.8, 4) is 5.69 Å². The molecular weight excluding hydrogens is 308 g/mol. The largest absolute Gasteiger partial charge is 0.465 e. The van der Waals surface area contributed by atoms with Crippen LogP contribution in [-0.2, 0) is 9.53 Å². The minimum atomic E-state index is -0.170. The van der Waals surface area contributed by atoms with Gasteiger partial charge < -0.3 is 4.74 Å². The van der Waals surface area contributed by atoms with Gasteiger partial charge in [-0.15, -0.1) is 0 Å². The number of nitrogens with zero attached hydrogens (tertiary/aromatic N) is 2. The summed E-state index contributed by atoms with van der Waals surface area (Å²) >= 11 is 1.49. The van der Waals surface area contributed by atoms with Crippen molar-refractivity contribution in [3.05, 3.63) is 54.1 Å². The molecule has 116 valence electrons. The number of ether oxygens (including phenoxy) is 1. The second-order valence-electron chi connectivity index (χ2n) is 5.62. The zero-order valence-electron chi connectivity index (χ0n) is 12.7. The SMILES string of the molecule is Cc1ccc(-n2c(SC3CCOC3=O)nc3ccccc32)cc1. The first-order chi connectivity index (χ1) is 11.2. The maximum absolute atomic E-state index is 11.8. The highest BCUT2D eigenvalue weighted by Crippen LogP contribution is 2.33. The van der Waals surface area contributed by atoms with E-state index in [2.05, 4.69) is 41.8 Å². The van der Waals surface area contributed by atoms with Gasteiger partial charge in [0.15, 0.2) is 5.16 Å². The number of fused-ring (bicyclic) bond motifs is 1. The average molecular weight is 324 g/mol. The van der Waals surface area contributed by atoms with Crippen molar-refractivity contribution in [2.45, 2.75) is 23.8 Å². The van der Waals surface area contributed by atoms with Crippen molar-refractivity contribution < 1.29 is 9.53 Å². The molecule has 2 heterocycles. The van der Waals surface area contributed by atoms with Crippen LogP contribution >= 0.6 is 11.8 Å². The highest BCUT2D eigenvalue weighted by molar-refractivity contribution is 8.00. The number of rotatable bonds is 3. The summed E-state index contributed by atoms with van der Waals surface area (Å²) in [4.78, 5) is 16.5. The Labute approximate surface area is 138 Å². The first-order valence-corrected chi connectivity index (χ1v) is 8.48. The molecule has 1 atom stereocenters. The van der Waals surface area contributed by atoms with Gasteiger partial charge in [0.25, 0.3) is 0 Å². The van der Waals surface area contributed by atoms with Gasteiger partial charge in [0.05, 0.1) is 17.6 Å². The molecule has 1 aromatic heterocycles. The van der Waals surface area contributed by atoms with E-state index in [1.165, 1.54) is 17.3 Å². The van der Waals surface area contributed by atoms with Crippen LogP contribution in [0.2, 0.25) is 0 Å². The monoisotopic (exact) mass is 324 g/mol. The highest BCUT2D eigenvalue weighted by Gasteiger charge is 2.29.